The van der Waals surface area contributed by atoms with Crippen molar-refractivity contribution in [2.75, 3.05) is 7.11 Å². The number of carbonyl (C=O) groups excluding carboxylic acids is 2. The molecule has 0 heterocycles. The molecule has 19 heavy (non-hydrogen) atoms. The Bertz CT molecular complexity index is 754. The van der Waals surface area contributed by atoms with Gasteiger partial charge in [-0.3, -0.25) is 9.59 Å². The van der Waals surface area contributed by atoms with Gasteiger partial charge in [0.25, 0.3) is 0 Å². The van der Waals surface area contributed by atoms with E-state index in [4.69, 9.17) is 4.74 Å². The van der Waals surface area contributed by atoms with E-state index in [9.17, 15) is 9.59 Å². The van der Waals surface area contributed by atoms with E-state index in [1.807, 2.05) is 25.1 Å². The van der Waals surface area contributed by atoms with Gasteiger partial charge in [-0.25, -0.2) is 0 Å². The van der Waals surface area contributed by atoms with Crippen molar-refractivity contribution in [3.63, 3.8) is 0 Å². The minimum absolute atomic E-state index is 0.117. The standard InChI is InChI=1S/C16H12O3/c1-9-7-11(19-2)8-10-3-4-12-13(17)5-6-14(18)16(12)15(9)10/h3-8H,1-2H3. The highest BCUT2D eigenvalue weighted by Gasteiger charge is 2.22. The molecule has 2 aromatic rings. The Kier molecular flexibility index (Phi) is 2.49. The molecule has 2 aromatic carbocycles. The maximum Gasteiger partial charge on any atom is 0.187 e. The van der Waals surface area contributed by atoms with Crippen LogP contribution in [0.4, 0.5) is 0 Å². The summed E-state index contributed by atoms with van der Waals surface area (Å²) in [5.41, 5.74) is 1.92. The fourth-order valence-electron chi connectivity index (χ4n) is 2.55. The number of fused-ring (bicyclic) bond motifs is 3. The molecule has 0 saturated carbocycles. The van der Waals surface area contributed by atoms with Gasteiger partial charge >= 0.3 is 0 Å². The highest BCUT2D eigenvalue weighted by molar-refractivity contribution is 6.27. The normalized spacial score (nSPS) is 13.8. The molecule has 3 nitrogen and oxygen atoms in total. The van der Waals surface area contributed by atoms with Crippen LogP contribution < -0.4 is 4.74 Å². The Balaban J connectivity index is 2.44. The van der Waals surface area contributed by atoms with Crippen molar-refractivity contribution in [2.45, 2.75) is 6.92 Å². The number of methoxy groups -OCH3 is 1. The molecule has 0 atom stereocenters. The molecular weight excluding hydrogens is 240 g/mol. The first kappa shape index (κ1) is 11.7. The molecule has 0 aromatic heterocycles. The number of ether oxygens (including phenoxy) is 1. The molecule has 0 amide bonds. The SMILES string of the molecule is COc1cc(C)c2c3c(ccc2c1)C(=O)C=CC3=O. The van der Waals surface area contributed by atoms with Crippen LogP contribution in [0.1, 0.15) is 26.3 Å². The van der Waals surface area contributed by atoms with Crippen molar-refractivity contribution in [3.8, 4) is 5.75 Å². The van der Waals surface area contributed by atoms with E-state index in [-0.39, 0.29) is 11.6 Å². The number of aryl methyl sites for hydroxylation is 1. The molecule has 0 aliphatic heterocycles. The molecule has 0 bridgehead atoms. The highest BCUT2D eigenvalue weighted by Crippen LogP contribution is 2.32. The Morgan fingerprint density at radius 2 is 1.74 bits per heavy atom. The molecule has 3 heteroatoms. The number of hydrogen-bond acceptors (Lipinski definition) is 3. The van der Waals surface area contributed by atoms with Gasteiger partial charge in [-0.2, -0.15) is 0 Å². The summed E-state index contributed by atoms with van der Waals surface area (Å²) in [6.45, 7) is 1.92. The van der Waals surface area contributed by atoms with E-state index in [1.54, 1.807) is 13.2 Å². The molecule has 1 aliphatic rings. The van der Waals surface area contributed by atoms with Gasteiger partial charge in [0.05, 0.1) is 7.11 Å². The first-order valence-corrected chi connectivity index (χ1v) is 6.00. The first-order valence-electron chi connectivity index (χ1n) is 6.00. The summed E-state index contributed by atoms with van der Waals surface area (Å²) in [5.74, 6) is 0.510. The topological polar surface area (TPSA) is 43.4 Å². The van der Waals surface area contributed by atoms with Crippen LogP contribution in [0.15, 0.2) is 36.4 Å². The summed E-state index contributed by atoms with van der Waals surface area (Å²) in [7, 11) is 1.61. The Labute approximate surface area is 110 Å². The quantitative estimate of drug-likeness (QED) is 0.783. The minimum Gasteiger partial charge on any atom is -0.497 e. The third-order valence-corrected chi connectivity index (χ3v) is 3.42. The van der Waals surface area contributed by atoms with Crippen molar-refractivity contribution in [1.82, 2.24) is 0 Å². The van der Waals surface area contributed by atoms with Crippen molar-refractivity contribution >= 4 is 22.3 Å². The van der Waals surface area contributed by atoms with Crippen molar-refractivity contribution < 1.29 is 14.3 Å². The molecule has 1 aliphatic carbocycles. The van der Waals surface area contributed by atoms with E-state index < -0.39 is 0 Å². The van der Waals surface area contributed by atoms with Crippen molar-refractivity contribution in [1.29, 1.82) is 0 Å². The molecule has 0 radical (unpaired) electrons. The van der Waals surface area contributed by atoms with Crippen molar-refractivity contribution in [3.05, 3.63) is 53.1 Å². The van der Waals surface area contributed by atoms with Gasteiger partial charge in [-0.15, -0.1) is 0 Å². The lowest BCUT2D eigenvalue weighted by molar-refractivity contribution is 0.0995. The lowest BCUT2D eigenvalue weighted by atomic mass is 9.88. The fourth-order valence-corrected chi connectivity index (χ4v) is 2.55. The predicted molar refractivity (Wildman–Crippen MR) is 73.0 cm³/mol. The van der Waals surface area contributed by atoms with Crippen LogP contribution in [0.2, 0.25) is 0 Å². The molecule has 3 rings (SSSR count). The average molecular weight is 252 g/mol. The van der Waals surface area contributed by atoms with Gasteiger partial charge in [-0.05, 0) is 53.6 Å². The zero-order valence-electron chi connectivity index (χ0n) is 10.7. The van der Waals surface area contributed by atoms with Crippen LogP contribution in [-0.4, -0.2) is 18.7 Å². The number of benzene rings is 2. The van der Waals surface area contributed by atoms with E-state index in [0.717, 1.165) is 22.1 Å². The summed E-state index contributed by atoms with van der Waals surface area (Å²) in [6, 6.07) is 7.31. The van der Waals surface area contributed by atoms with Gasteiger partial charge < -0.3 is 4.74 Å². The summed E-state index contributed by atoms with van der Waals surface area (Å²) < 4.78 is 5.23. The van der Waals surface area contributed by atoms with Crippen molar-refractivity contribution in [2.24, 2.45) is 0 Å². The summed E-state index contributed by atoms with van der Waals surface area (Å²) in [6.07, 6.45) is 2.67. The van der Waals surface area contributed by atoms with Crippen LogP contribution in [0, 0.1) is 6.92 Å². The number of carbonyl (C=O) groups is 2. The van der Waals surface area contributed by atoms with Crippen LogP contribution in [0.5, 0.6) is 5.75 Å². The van der Waals surface area contributed by atoms with E-state index in [0.29, 0.717) is 11.1 Å². The third kappa shape index (κ3) is 1.66. The molecule has 0 spiro atoms. The van der Waals surface area contributed by atoms with Crippen LogP contribution in [0.25, 0.3) is 10.8 Å². The van der Waals surface area contributed by atoms with E-state index in [1.165, 1.54) is 12.2 Å². The van der Waals surface area contributed by atoms with Gasteiger partial charge in [0.1, 0.15) is 5.75 Å². The zero-order valence-corrected chi connectivity index (χ0v) is 10.7. The molecule has 0 N–H and O–H groups in total. The Morgan fingerprint density at radius 1 is 1.00 bits per heavy atom. The Morgan fingerprint density at radius 3 is 2.47 bits per heavy atom. The van der Waals surface area contributed by atoms with E-state index in [2.05, 4.69) is 0 Å². The smallest absolute Gasteiger partial charge is 0.187 e. The molecule has 0 unspecified atom stereocenters. The molecule has 0 saturated heterocycles. The largest absolute Gasteiger partial charge is 0.497 e. The van der Waals surface area contributed by atoms with E-state index >= 15 is 0 Å². The van der Waals surface area contributed by atoms with Crippen LogP contribution in [0.3, 0.4) is 0 Å². The van der Waals surface area contributed by atoms with Gasteiger partial charge in [-0.1, -0.05) is 6.07 Å². The lowest BCUT2D eigenvalue weighted by Crippen LogP contribution is -2.12. The monoisotopic (exact) mass is 252 g/mol. The van der Waals surface area contributed by atoms with Crippen LogP contribution in [-0.2, 0) is 0 Å². The second-order valence-corrected chi connectivity index (χ2v) is 4.59. The number of ketones is 2. The number of rotatable bonds is 1. The van der Waals surface area contributed by atoms with Crippen LogP contribution >= 0.6 is 0 Å². The molecule has 94 valence electrons. The summed E-state index contributed by atoms with van der Waals surface area (Å²) in [4.78, 5) is 23.9. The molecule has 0 fully saturated rings. The lowest BCUT2D eigenvalue weighted by Gasteiger charge is -2.15. The minimum atomic E-state index is -0.119. The molecular formula is C16H12O3. The first-order chi connectivity index (χ1) is 9.11. The number of allylic oxidation sites excluding steroid dienone is 2. The third-order valence-electron chi connectivity index (χ3n) is 3.42. The summed E-state index contributed by atoms with van der Waals surface area (Å²) >= 11 is 0. The fraction of sp³-hybridized carbons (Fsp3) is 0.125. The van der Waals surface area contributed by atoms with Gasteiger partial charge in [0.2, 0.25) is 0 Å². The second kappa shape index (κ2) is 4.05. The van der Waals surface area contributed by atoms with Gasteiger partial charge in [0, 0.05) is 11.1 Å². The predicted octanol–water partition coefficient (Wildman–Crippen LogP) is 3.09. The maximum absolute atomic E-state index is 12.1. The summed E-state index contributed by atoms with van der Waals surface area (Å²) in [5, 5.41) is 1.74. The van der Waals surface area contributed by atoms with Gasteiger partial charge in [0.15, 0.2) is 11.6 Å². The Hall–Kier alpha value is -2.42. The average Bonchev–Trinajstić information content (AvgIpc) is 2.42. The number of hydrogen-bond donors (Lipinski definition) is 0. The highest BCUT2D eigenvalue weighted by atomic mass is 16.5. The second-order valence-electron chi connectivity index (χ2n) is 4.59. The maximum atomic E-state index is 12.1. The zero-order chi connectivity index (χ0) is 13.6.